The van der Waals surface area contributed by atoms with E-state index in [9.17, 15) is 4.79 Å². The Bertz CT molecular complexity index is 629. The van der Waals surface area contributed by atoms with E-state index in [1.165, 1.54) is 0 Å². The standard InChI is InChI=1S/C16H16ClNOS/c1-11(12-5-3-7-14(17)9-12)18(2)16(19)13-6-4-8-15(20)10-13/h3-11,20H,1-2H3. The summed E-state index contributed by atoms with van der Waals surface area (Å²) in [5, 5.41) is 0.674. The van der Waals surface area contributed by atoms with Gasteiger partial charge in [-0.2, -0.15) is 0 Å². The highest BCUT2D eigenvalue weighted by atomic mass is 35.5. The molecule has 20 heavy (non-hydrogen) atoms. The summed E-state index contributed by atoms with van der Waals surface area (Å²) >= 11 is 10.3. The predicted octanol–water partition coefficient (Wildman–Crippen LogP) is 4.46. The van der Waals surface area contributed by atoms with Crippen LogP contribution >= 0.6 is 24.2 Å². The molecule has 0 bridgehead atoms. The van der Waals surface area contributed by atoms with Crippen molar-refractivity contribution in [2.45, 2.75) is 17.9 Å². The molecular weight excluding hydrogens is 290 g/mol. The highest BCUT2D eigenvalue weighted by molar-refractivity contribution is 7.80. The minimum Gasteiger partial charge on any atom is -0.335 e. The molecule has 4 heteroatoms. The molecule has 0 heterocycles. The number of rotatable bonds is 3. The molecule has 0 saturated carbocycles. The molecule has 0 aromatic heterocycles. The van der Waals surface area contributed by atoms with Gasteiger partial charge in [0.1, 0.15) is 0 Å². The first-order valence-electron chi connectivity index (χ1n) is 6.30. The molecule has 1 atom stereocenters. The second kappa shape index (κ2) is 6.33. The molecule has 1 unspecified atom stereocenters. The molecule has 2 rings (SSSR count). The van der Waals surface area contributed by atoms with Crippen LogP contribution in [-0.4, -0.2) is 17.9 Å². The third-order valence-corrected chi connectivity index (χ3v) is 3.84. The van der Waals surface area contributed by atoms with Crippen molar-refractivity contribution in [1.29, 1.82) is 0 Å². The molecular formula is C16H16ClNOS. The fourth-order valence-corrected chi connectivity index (χ4v) is 2.43. The van der Waals surface area contributed by atoms with Crippen LogP contribution in [0.2, 0.25) is 5.02 Å². The van der Waals surface area contributed by atoms with Crippen molar-refractivity contribution in [1.82, 2.24) is 4.90 Å². The summed E-state index contributed by atoms with van der Waals surface area (Å²) < 4.78 is 0. The number of thiol groups is 1. The van der Waals surface area contributed by atoms with Crippen LogP contribution in [0, 0.1) is 0 Å². The molecule has 0 fully saturated rings. The molecule has 0 saturated heterocycles. The van der Waals surface area contributed by atoms with Gasteiger partial charge in [-0.3, -0.25) is 4.79 Å². The SMILES string of the molecule is CC(c1cccc(Cl)c1)N(C)C(=O)c1cccc(S)c1. The maximum Gasteiger partial charge on any atom is 0.254 e. The van der Waals surface area contributed by atoms with E-state index in [4.69, 9.17) is 11.6 Å². The van der Waals surface area contributed by atoms with Gasteiger partial charge in [0.25, 0.3) is 5.91 Å². The lowest BCUT2D eigenvalue weighted by Gasteiger charge is -2.25. The van der Waals surface area contributed by atoms with E-state index >= 15 is 0 Å². The zero-order valence-corrected chi connectivity index (χ0v) is 13.0. The van der Waals surface area contributed by atoms with Gasteiger partial charge in [0.15, 0.2) is 0 Å². The average molecular weight is 306 g/mol. The van der Waals surface area contributed by atoms with Gasteiger partial charge in [-0.25, -0.2) is 0 Å². The number of carbonyl (C=O) groups is 1. The number of nitrogens with zero attached hydrogens (tertiary/aromatic N) is 1. The fraction of sp³-hybridized carbons (Fsp3) is 0.188. The Kier molecular flexibility index (Phi) is 4.73. The van der Waals surface area contributed by atoms with Crippen LogP contribution in [0.1, 0.15) is 28.9 Å². The summed E-state index contributed by atoms with van der Waals surface area (Å²) in [6.45, 7) is 1.98. The summed E-state index contributed by atoms with van der Waals surface area (Å²) in [4.78, 5) is 14.9. The topological polar surface area (TPSA) is 20.3 Å². The molecule has 0 N–H and O–H groups in total. The summed E-state index contributed by atoms with van der Waals surface area (Å²) in [5.74, 6) is -0.0339. The van der Waals surface area contributed by atoms with Crippen LogP contribution in [-0.2, 0) is 0 Å². The Balaban J connectivity index is 2.22. The minimum atomic E-state index is -0.0511. The number of halogens is 1. The minimum absolute atomic E-state index is 0.0339. The van der Waals surface area contributed by atoms with E-state index in [0.29, 0.717) is 10.6 Å². The zero-order valence-electron chi connectivity index (χ0n) is 11.4. The summed E-state index contributed by atoms with van der Waals surface area (Å²) in [6, 6.07) is 14.7. The largest absolute Gasteiger partial charge is 0.335 e. The third-order valence-electron chi connectivity index (χ3n) is 3.33. The molecule has 2 aromatic rings. The number of benzene rings is 2. The first kappa shape index (κ1) is 14.9. The number of hydrogen-bond donors (Lipinski definition) is 1. The van der Waals surface area contributed by atoms with Gasteiger partial charge in [-0.05, 0) is 42.8 Å². The summed E-state index contributed by atoms with van der Waals surface area (Å²) in [6.07, 6.45) is 0. The van der Waals surface area contributed by atoms with Gasteiger partial charge in [0.2, 0.25) is 0 Å². The van der Waals surface area contributed by atoms with Crippen molar-refractivity contribution in [2.75, 3.05) is 7.05 Å². The van der Waals surface area contributed by atoms with Crippen molar-refractivity contribution < 1.29 is 4.79 Å². The number of amides is 1. The smallest absolute Gasteiger partial charge is 0.254 e. The van der Waals surface area contributed by atoms with Gasteiger partial charge in [-0.1, -0.05) is 29.8 Å². The molecule has 0 aliphatic heterocycles. The van der Waals surface area contributed by atoms with Crippen molar-refractivity contribution in [3.8, 4) is 0 Å². The average Bonchev–Trinajstić information content (AvgIpc) is 2.45. The first-order valence-corrected chi connectivity index (χ1v) is 7.13. The van der Waals surface area contributed by atoms with E-state index < -0.39 is 0 Å². The van der Waals surface area contributed by atoms with Crippen molar-refractivity contribution in [2.24, 2.45) is 0 Å². The highest BCUT2D eigenvalue weighted by Gasteiger charge is 2.19. The lowest BCUT2D eigenvalue weighted by Crippen LogP contribution is -2.29. The maximum atomic E-state index is 12.5. The number of carbonyl (C=O) groups excluding carboxylic acids is 1. The highest BCUT2D eigenvalue weighted by Crippen LogP contribution is 2.23. The summed E-state index contributed by atoms with van der Waals surface area (Å²) in [5.41, 5.74) is 1.64. The van der Waals surface area contributed by atoms with Crippen LogP contribution in [0.3, 0.4) is 0 Å². The lowest BCUT2D eigenvalue weighted by molar-refractivity contribution is 0.0742. The summed E-state index contributed by atoms with van der Waals surface area (Å²) in [7, 11) is 1.79. The molecule has 0 spiro atoms. The Labute approximate surface area is 129 Å². The quantitative estimate of drug-likeness (QED) is 0.830. The molecule has 2 aromatic carbocycles. The van der Waals surface area contributed by atoms with Crippen molar-refractivity contribution in [3.05, 3.63) is 64.7 Å². The van der Waals surface area contributed by atoms with Crippen LogP contribution in [0.4, 0.5) is 0 Å². The Hall–Kier alpha value is -1.45. The maximum absolute atomic E-state index is 12.5. The van der Waals surface area contributed by atoms with Gasteiger partial charge in [0, 0.05) is 22.5 Å². The molecule has 0 aliphatic rings. The third kappa shape index (κ3) is 3.35. The van der Waals surface area contributed by atoms with Gasteiger partial charge < -0.3 is 4.90 Å². The van der Waals surface area contributed by atoms with E-state index in [-0.39, 0.29) is 11.9 Å². The monoisotopic (exact) mass is 305 g/mol. The second-order valence-corrected chi connectivity index (χ2v) is 5.65. The fourth-order valence-electron chi connectivity index (χ4n) is 2.01. The van der Waals surface area contributed by atoms with Crippen molar-refractivity contribution >= 4 is 30.1 Å². The normalized spacial score (nSPS) is 12.0. The first-order chi connectivity index (χ1) is 9.49. The van der Waals surface area contributed by atoms with E-state index in [0.717, 1.165) is 10.5 Å². The Morgan fingerprint density at radius 2 is 1.90 bits per heavy atom. The van der Waals surface area contributed by atoms with E-state index in [1.807, 2.05) is 43.3 Å². The molecule has 0 aliphatic carbocycles. The second-order valence-electron chi connectivity index (χ2n) is 4.70. The van der Waals surface area contributed by atoms with Crippen LogP contribution in [0.5, 0.6) is 0 Å². The molecule has 0 radical (unpaired) electrons. The Morgan fingerprint density at radius 1 is 1.20 bits per heavy atom. The molecule has 104 valence electrons. The lowest BCUT2D eigenvalue weighted by atomic mass is 10.1. The van der Waals surface area contributed by atoms with Crippen molar-refractivity contribution in [3.63, 3.8) is 0 Å². The van der Waals surface area contributed by atoms with Gasteiger partial charge in [-0.15, -0.1) is 12.6 Å². The molecule has 1 amide bonds. The Morgan fingerprint density at radius 3 is 2.55 bits per heavy atom. The van der Waals surface area contributed by atoms with Crippen LogP contribution in [0.25, 0.3) is 0 Å². The zero-order chi connectivity index (χ0) is 14.7. The molecule has 2 nitrogen and oxygen atoms in total. The van der Waals surface area contributed by atoms with E-state index in [2.05, 4.69) is 12.6 Å². The van der Waals surface area contributed by atoms with E-state index in [1.54, 1.807) is 24.1 Å². The van der Waals surface area contributed by atoms with Gasteiger partial charge >= 0.3 is 0 Å². The predicted molar refractivity (Wildman–Crippen MR) is 85.7 cm³/mol. The van der Waals surface area contributed by atoms with Crippen LogP contribution < -0.4 is 0 Å². The number of hydrogen-bond acceptors (Lipinski definition) is 2. The van der Waals surface area contributed by atoms with Gasteiger partial charge in [0.05, 0.1) is 6.04 Å². The van der Waals surface area contributed by atoms with Crippen LogP contribution in [0.15, 0.2) is 53.4 Å².